The molecule has 1 N–H and O–H groups in total. The molecule has 13 heavy (non-hydrogen) atoms. The van der Waals surface area contributed by atoms with Gasteiger partial charge < -0.3 is 10.1 Å². The number of rotatable bonds is 2. The Morgan fingerprint density at radius 1 is 1.62 bits per heavy atom. The third-order valence-corrected chi connectivity index (χ3v) is 2.25. The second-order valence-corrected chi connectivity index (χ2v) is 3.61. The summed E-state index contributed by atoms with van der Waals surface area (Å²) in [6.45, 7) is 3.61. The fourth-order valence-corrected chi connectivity index (χ4v) is 1.37. The van der Waals surface area contributed by atoms with E-state index in [0.717, 1.165) is 13.0 Å². The van der Waals surface area contributed by atoms with Gasteiger partial charge in [0.25, 0.3) is 0 Å². The highest BCUT2D eigenvalue weighted by atomic mass is 16.5. The SMILES string of the molecule is Cn1nnnc1NC1(C)CCOC1. The van der Waals surface area contributed by atoms with E-state index in [2.05, 4.69) is 27.8 Å². The number of hydrogen-bond donors (Lipinski definition) is 1. The van der Waals surface area contributed by atoms with Crippen molar-refractivity contribution < 1.29 is 4.74 Å². The monoisotopic (exact) mass is 183 g/mol. The molecule has 6 nitrogen and oxygen atoms in total. The summed E-state index contributed by atoms with van der Waals surface area (Å²) in [5.74, 6) is 0.688. The second-order valence-electron chi connectivity index (χ2n) is 3.61. The first kappa shape index (κ1) is 8.43. The molecule has 1 atom stereocenters. The summed E-state index contributed by atoms with van der Waals surface area (Å²) in [5.41, 5.74) is -0.0253. The maximum atomic E-state index is 5.31. The normalized spacial score (nSPS) is 27.8. The van der Waals surface area contributed by atoms with Crippen LogP contribution in [0.4, 0.5) is 5.95 Å². The Kier molecular flexibility index (Phi) is 1.91. The van der Waals surface area contributed by atoms with E-state index < -0.39 is 0 Å². The molecule has 1 unspecified atom stereocenters. The van der Waals surface area contributed by atoms with Crippen molar-refractivity contribution in [3.63, 3.8) is 0 Å². The molecule has 0 aliphatic carbocycles. The van der Waals surface area contributed by atoms with Crippen LogP contribution in [0.5, 0.6) is 0 Å². The number of aromatic nitrogens is 4. The van der Waals surface area contributed by atoms with Gasteiger partial charge in [0, 0.05) is 13.7 Å². The van der Waals surface area contributed by atoms with Gasteiger partial charge in [-0.05, 0) is 23.8 Å². The topological polar surface area (TPSA) is 64.9 Å². The largest absolute Gasteiger partial charge is 0.379 e. The zero-order valence-corrected chi connectivity index (χ0v) is 7.82. The van der Waals surface area contributed by atoms with Crippen molar-refractivity contribution in [2.75, 3.05) is 18.5 Å². The maximum Gasteiger partial charge on any atom is 0.243 e. The number of anilines is 1. The van der Waals surface area contributed by atoms with E-state index in [0.29, 0.717) is 12.6 Å². The third kappa shape index (κ3) is 1.62. The van der Waals surface area contributed by atoms with E-state index >= 15 is 0 Å². The van der Waals surface area contributed by atoms with Crippen molar-refractivity contribution in [2.24, 2.45) is 7.05 Å². The minimum absolute atomic E-state index is 0.0253. The maximum absolute atomic E-state index is 5.31. The Bertz CT molecular complexity index is 291. The summed E-state index contributed by atoms with van der Waals surface area (Å²) in [6.07, 6.45) is 0.986. The van der Waals surface area contributed by atoms with Crippen LogP contribution in [0.25, 0.3) is 0 Å². The van der Waals surface area contributed by atoms with Crippen molar-refractivity contribution in [3.8, 4) is 0 Å². The fraction of sp³-hybridized carbons (Fsp3) is 0.857. The molecule has 2 rings (SSSR count). The minimum atomic E-state index is -0.0253. The number of aryl methyl sites for hydroxylation is 1. The van der Waals surface area contributed by atoms with Gasteiger partial charge in [-0.25, -0.2) is 4.68 Å². The molecule has 0 bridgehead atoms. The summed E-state index contributed by atoms with van der Waals surface area (Å²) in [7, 11) is 1.81. The number of hydrogen-bond acceptors (Lipinski definition) is 5. The van der Waals surface area contributed by atoms with Crippen LogP contribution in [0.2, 0.25) is 0 Å². The van der Waals surface area contributed by atoms with Gasteiger partial charge in [0.1, 0.15) is 0 Å². The van der Waals surface area contributed by atoms with Gasteiger partial charge in [-0.2, -0.15) is 0 Å². The van der Waals surface area contributed by atoms with Gasteiger partial charge in [0.2, 0.25) is 5.95 Å². The summed E-state index contributed by atoms with van der Waals surface area (Å²) in [6, 6.07) is 0. The highest BCUT2D eigenvalue weighted by molar-refractivity contribution is 5.27. The molecule has 72 valence electrons. The van der Waals surface area contributed by atoms with Crippen LogP contribution in [0.1, 0.15) is 13.3 Å². The van der Waals surface area contributed by atoms with Crippen LogP contribution in [0.15, 0.2) is 0 Å². The molecule has 6 heteroatoms. The Morgan fingerprint density at radius 2 is 2.46 bits per heavy atom. The van der Waals surface area contributed by atoms with Crippen molar-refractivity contribution in [1.82, 2.24) is 20.2 Å². The van der Waals surface area contributed by atoms with Crippen LogP contribution in [0.3, 0.4) is 0 Å². The van der Waals surface area contributed by atoms with E-state index in [4.69, 9.17) is 4.74 Å². The van der Waals surface area contributed by atoms with Crippen molar-refractivity contribution in [2.45, 2.75) is 18.9 Å². The first-order chi connectivity index (χ1) is 6.20. The molecular formula is C7H13N5O. The van der Waals surface area contributed by atoms with E-state index in [1.54, 1.807) is 4.68 Å². The molecule has 0 spiro atoms. The van der Waals surface area contributed by atoms with Crippen molar-refractivity contribution >= 4 is 5.95 Å². The summed E-state index contributed by atoms with van der Waals surface area (Å²) < 4.78 is 6.92. The zero-order valence-electron chi connectivity index (χ0n) is 7.82. The average molecular weight is 183 g/mol. The minimum Gasteiger partial charge on any atom is -0.379 e. The number of nitrogens with zero attached hydrogens (tertiary/aromatic N) is 4. The summed E-state index contributed by atoms with van der Waals surface area (Å²) in [4.78, 5) is 0. The lowest BCUT2D eigenvalue weighted by Crippen LogP contribution is -2.36. The summed E-state index contributed by atoms with van der Waals surface area (Å²) in [5, 5.41) is 14.4. The van der Waals surface area contributed by atoms with Crippen molar-refractivity contribution in [3.05, 3.63) is 0 Å². The number of ether oxygens (including phenoxy) is 1. The molecular weight excluding hydrogens is 170 g/mol. The van der Waals surface area contributed by atoms with Crippen LogP contribution in [-0.2, 0) is 11.8 Å². The van der Waals surface area contributed by atoms with Gasteiger partial charge in [0.05, 0.1) is 12.1 Å². The molecule has 2 heterocycles. The quantitative estimate of drug-likeness (QED) is 0.688. The molecule has 1 aromatic heterocycles. The first-order valence-electron chi connectivity index (χ1n) is 4.28. The fourth-order valence-electron chi connectivity index (χ4n) is 1.37. The second kappa shape index (κ2) is 2.95. The van der Waals surface area contributed by atoms with Gasteiger partial charge in [-0.3, -0.25) is 0 Å². The first-order valence-corrected chi connectivity index (χ1v) is 4.28. The van der Waals surface area contributed by atoms with E-state index in [-0.39, 0.29) is 5.54 Å². The average Bonchev–Trinajstić information content (AvgIpc) is 2.64. The van der Waals surface area contributed by atoms with E-state index in [1.165, 1.54) is 0 Å². The zero-order chi connectivity index (χ0) is 9.31. The molecule has 0 radical (unpaired) electrons. The molecule has 0 amide bonds. The Labute approximate surface area is 76.3 Å². The highest BCUT2D eigenvalue weighted by Crippen LogP contribution is 2.21. The van der Waals surface area contributed by atoms with E-state index in [9.17, 15) is 0 Å². The Hall–Kier alpha value is -1.17. The van der Waals surface area contributed by atoms with Crippen LogP contribution < -0.4 is 5.32 Å². The Morgan fingerprint density at radius 3 is 3.00 bits per heavy atom. The molecule has 1 fully saturated rings. The highest BCUT2D eigenvalue weighted by Gasteiger charge is 2.30. The lowest BCUT2D eigenvalue weighted by atomic mass is 10.0. The molecule has 0 saturated carbocycles. The lowest BCUT2D eigenvalue weighted by molar-refractivity contribution is 0.185. The molecule has 0 aromatic carbocycles. The van der Waals surface area contributed by atoms with Gasteiger partial charge in [0.15, 0.2) is 0 Å². The molecule has 1 aliphatic rings. The lowest BCUT2D eigenvalue weighted by Gasteiger charge is -2.22. The van der Waals surface area contributed by atoms with Gasteiger partial charge in [-0.1, -0.05) is 5.10 Å². The van der Waals surface area contributed by atoms with Crippen LogP contribution >= 0.6 is 0 Å². The van der Waals surface area contributed by atoms with Crippen molar-refractivity contribution in [1.29, 1.82) is 0 Å². The Balaban J connectivity index is 2.09. The van der Waals surface area contributed by atoms with E-state index in [1.807, 2.05) is 7.05 Å². The predicted octanol–water partition coefficient (Wildman–Crippen LogP) is -0.199. The van der Waals surface area contributed by atoms with Gasteiger partial charge in [-0.15, -0.1) is 0 Å². The third-order valence-electron chi connectivity index (χ3n) is 2.25. The standard InChI is InChI=1S/C7H13N5O/c1-7(3-4-13-5-7)8-6-9-10-11-12(6)2/h3-5H2,1-2H3,(H,8,9,11). The predicted molar refractivity (Wildman–Crippen MR) is 46.3 cm³/mol. The molecule has 1 saturated heterocycles. The molecule has 1 aromatic rings. The van der Waals surface area contributed by atoms with Crippen LogP contribution in [0, 0.1) is 0 Å². The smallest absolute Gasteiger partial charge is 0.243 e. The van der Waals surface area contributed by atoms with Gasteiger partial charge >= 0.3 is 0 Å². The molecule has 1 aliphatic heterocycles. The number of nitrogens with one attached hydrogen (secondary N) is 1. The number of tetrazole rings is 1. The van der Waals surface area contributed by atoms with Crippen LogP contribution in [-0.4, -0.2) is 39.0 Å². The summed E-state index contributed by atoms with van der Waals surface area (Å²) >= 11 is 0.